The Hall–Kier alpha value is -3.00. The van der Waals surface area contributed by atoms with Gasteiger partial charge in [-0.25, -0.2) is 15.0 Å². The Morgan fingerprint density at radius 2 is 1.85 bits per heavy atom. The van der Waals surface area contributed by atoms with E-state index in [1.165, 1.54) is 18.2 Å². The number of fused-ring (bicyclic) bond motifs is 1. The molecule has 0 bridgehead atoms. The molecule has 172 valence electrons. The molecule has 2 saturated carbocycles. The van der Waals surface area contributed by atoms with Gasteiger partial charge in [-0.1, -0.05) is 24.3 Å². The molecule has 0 unspecified atom stereocenters. The van der Waals surface area contributed by atoms with Gasteiger partial charge in [0.05, 0.1) is 19.8 Å². The standard InChI is InChI=1S/C26H28FN3O3/c1-29-24(26(32,18-5-6-18)19-7-8-19)15-30(28)14-16-2-11-21-22(13-25(31)33-23(21)12-16)17-3-9-20(27)10-4-17/h2-4,9-13,15,18-19,29,32H,5-8,14,28H2,1H3/p+1. The fraction of sp³-hybridized carbons (Fsp3) is 0.346. The van der Waals surface area contributed by atoms with E-state index in [9.17, 15) is 14.3 Å². The third kappa shape index (κ3) is 4.31. The van der Waals surface area contributed by atoms with Crippen molar-refractivity contribution in [1.82, 2.24) is 5.01 Å². The molecule has 0 aliphatic heterocycles. The first-order valence-corrected chi connectivity index (χ1v) is 11.5. The molecule has 1 aromatic heterocycles. The van der Waals surface area contributed by atoms with Gasteiger partial charge < -0.3 is 19.8 Å². The molecule has 0 atom stereocenters. The van der Waals surface area contributed by atoms with Crippen LogP contribution in [0.1, 0.15) is 31.2 Å². The van der Waals surface area contributed by atoms with E-state index in [0.29, 0.717) is 29.5 Å². The molecule has 5 N–H and O–H groups in total. The zero-order valence-corrected chi connectivity index (χ0v) is 18.6. The van der Waals surface area contributed by atoms with Crippen molar-refractivity contribution in [3.8, 4) is 11.1 Å². The van der Waals surface area contributed by atoms with E-state index < -0.39 is 11.2 Å². The molecule has 2 aliphatic rings. The number of aliphatic hydroxyl groups is 1. The lowest BCUT2D eigenvalue weighted by Crippen LogP contribution is -2.82. The van der Waals surface area contributed by atoms with E-state index >= 15 is 0 Å². The van der Waals surface area contributed by atoms with Crippen LogP contribution in [-0.2, 0) is 6.54 Å². The van der Waals surface area contributed by atoms with E-state index in [0.717, 1.165) is 47.9 Å². The lowest BCUT2D eigenvalue weighted by atomic mass is 9.88. The number of halogens is 1. The van der Waals surface area contributed by atoms with Crippen molar-refractivity contribution in [3.05, 3.63) is 82.2 Å². The molecule has 5 rings (SSSR count). The molecular weight excluding hydrogens is 421 g/mol. The van der Waals surface area contributed by atoms with Crippen molar-refractivity contribution < 1.29 is 19.2 Å². The minimum absolute atomic E-state index is 0.320. The molecule has 0 saturated heterocycles. The van der Waals surface area contributed by atoms with Crippen molar-refractivity contribution in [2.75, 3.05) is 7.05 Å². The third-order valence-electron chi connectivity index (χ3n) is 6.81. The monoisotopic (exact) mass is 450 g/mol. The maximum absolute atomic E-state index is 13.3. The van der Waals surface area contributed by atoms with E-state index in [1.54, 1.807) is 23.2 Å². The first-order valence-electron chi connectivity index (χ1n) is 11.5. The van der Waals surface area contributed by atoms with Gasteiger partial charge in [-0.3, -0.25) is 0 Å². The van der Waals surface area contributed by atoms with Gasteiger partial charge >= 0.3 is 5.63 Å². The van der Waals surface area contributed by atoms with Crippen molar-refractivity contribution in [1.29, 1.82) is 0 Å². The molecule has 2 aromatic carbocycles. The number of hydrogen-bond acceptors (Lipinski definition) is 5. The number of hydrazine groups is 1. The number of rotatable bonds is 8. The summed E-state index contributed by atoms with van der Waals surface area (Å²) in [5, 5.41) is 15.7. The number of likely N-dealkylation sites (N-methyl/N-ethyl adjacent to an activating group) is 1. The maximum atomic E-state index is 13.3. The largest absolute Gasteiger partial charge is 0.423 e. The Kier molecular flexibility index (Phi) is 5.56. The zero-order chi connectivity index (χ0) is 23.2. The Morgan fingerprint density at radius 1 is 1.18 bits per heavy atom. The molecule has 33 heavy (non-hydrogen) atoms. The highest BCUT2D eigenvalue weighted by Gasteiger charge is 2.57. The molecule has 2 aliphatic carbocycles. The summed E-state index contributed by atoms with van der Waals surface area (Å²) in [4.78, 5) is 12.2. The van der Waals surface area contributed by atoms with Crippen LogP contribution in [0.15, 0.2) is 69.6 Å². The summed E-state index contributed by atoms with van der Waals surface area (Å²) < 4.78 is 18.8. The number of benzene rings is 2. The lowest BCUT2D eigenvalue weighted by Gasteiger charge is -2.29. The molecule has 0 amide bonds. The minimum Gasteiger partial charge on any atom is -0.423 e. The predicted molar refractivity (Wildman–Crippen MR) is 124 cm³/mol. The van der Waals surface area contributed by atoms with Gasteiger partial charge in [0.1, 0.15) is 17.0 Å². The summed E-state index contributed by atoms with van der Waals surface area (Å²) >= 11 is 0. The highest BCUT2D eigenvalue weighted by Crippen LogP contribution is 2.54. The SMILES string of the molecule is C[NH2+]C(=CN(N)Cc1ccc2c(-c3ccc(F)cc3)cc(=O)oc2c1)C(O)(C1CC1)C1CC1. The second-order valence-corrected chi connectivity index (χ2v) is 9.24. The average Bonchev–Trinajstić information content (AvgIpc) is 3.69. The fourth-order valence-electron chi connectivity index (χ4n) is 4.87. The van der Waals surface area contributed by atoms with Crippen LogP contribution in [-0.4, -0.2) is 22.8 Å². The normalized spacial score (nSPS) is 16.9. The summed E-state index contributed by atoms with van der Waals surface area (Å²) in [6.45, 7) is 0.392. The third-order valence-corrected chi connectivity index (χ3v) is 6.81. The van der Waals surface area contributed by atoms with E-state index in [1.807, 2.05) is 30.7 Å². The van der Waals surface area contributed by atoms with Gasteiger partial charge in [-0.05, 0) is 72.4 Å². The minimum atomic E-state index is -0.785. The Labute approximate surface area is 191 Å². The van der Waals surface area contributed by atoms with Crippen LogP contribution >= 0.6 is 0 Å². The van der Waals surface area contributed by atoms with Crippen LogP contribution < -0.4 is 16.8 Å². The Bertz CT molecular complexity index is 1250. The Morgan fingerprint density at radius 3 is 2.45 bits per heavy atom. The highest BCUT2D eigenvalue weighted by molar-refractivity contribution is 5.93. The molecule has 0 spiro atoms. The second kappa shape index (κ2) is 8.41. The number of quaternary nitrogens is 1. The van der Waals surface area contributed by atoms with Crippen LogP contribution in [0.4, 0.5) is 4.39 Å². The molecular formula is C26H29FN3O3+. The summed E-state index contributed by atoms with van der Waals surface area (Å²) in [6.07, 6.45) is 6.07. The van der Waals surface area contributed by atoms with Crippen molar-refractivity contribution in [2.45, 2.75) is 37.8 Å². The summed E-state index contributed by atoms with van der Waals surface area (Å²) in [6, 6.07) is 13.1. The van der Waals surface area contributed by atoms with Crippen molar-refractivity contribution in [2.24, 2.45) is 17.7 Å². The molecule has 3 aromatic rings. The summed E-state index contributed by atoms with van der Waals surface area (Å²) in [5.41, 5.74) is 2.38. The van der Waals surface area contributed by atoms with Gasteiger partial charge in [-0.2, -0.15) is 0 Å². The van der Waals surface area contributed by atoms with E-state index in [-0.39, 0.29) is 5.82 Å². The second-order valence-electron chi connectivity index (χ2n) is 9.24. The van der Waals surface area contributed by atoms with Gasteiger partial charge in [0.15, 0.2) is 5.70 Å². The number of hydrogen-bond donors (Lipinski definition) is 3. The van der Waals surface area contributed by atoms with Crippen LogP contribution in [0.5, 0.6) is 0 Å². The first kappa shape index (κ1) is 21.8. The van der Waals surface area contributed by atoms with Gasteiger partial charge in [0.2, 0.25) is 0 Å². The van der Waals surface area contributed by atoms with Gasteiger partial charge in [0.25, 0.3) is 0 Å². The smallest absolute Gasteiger partial charge is 0.336 e. The van der Waals surface area contributed by atoms with Crippen molar-refractivity contribution >= 4 is 11.0 Å². The molecule has 0 radical (unpaired) electrons. The summed E-state index contributed by atoms with van der Waals surface area (Å²) in [7, 11) is 1.94. The maximum Gasteiger partial charge on any atom is 0.336 e. The molecule has 6 nitrogen and oxygen atoms in total. The molecule has 1 heterocycles. The van der Waals surface area contributed by atoms with Gasteiger partial charge in [0, 0.05) is 11.5 Å². The molecule has 7 heteroatoms. The van der Waals surface area contributed by atoms with Crippen LogP contribution in [0.25, 0.3) is 22.1 Å². The summed E-state index contributed by atoms with van der Waals surface area (Å²) in [5.74, 6) is 6.64. The van der Waals surface area contributed by atoms with Gasteiger partial charge in [-0.15, -0.1) is 0 Å². The van der Waals surface area contributed by atoms with E-state index in [2.05, 4.69) is 0 Å². The average molecular weight is 451 g/mol. The van der Waals surface area contributed by atoms with Crippen LogP contribution in [0.3, 0.4) is 0 Å². The number of nitrogens with two attached hydrogens (primary N) is 2. The quantitative estimate of drug-likeness (QED) is 0.279. The molecule has 2 fully saturated rings. The van der Waals surface area contributed by atoms with Crippen LogP contribution in [0.2, 0.25) is 0 Å². The topological polar surface area (TPSA) is 96.3 Å². The van der Waals surface area contributed by atoms with Crippen LogP contribution in [0, 0.1) is 17.7 Å². The lowest BCUT2D eigenvalue weighted by molar-refractivity contribution is -0.591. The van der Waals surface area contributed by atoms with E-state index in [4.69, 9.17) is 10.3 Å². The van der Waals surface area contributed by atoms with Crippen molar-refractivity contribution in [3.63, 3.8) is 0 Å². The fourth-order valence-corrected chi connectivity index (χ4v) is 4.87. The predicted octanol–water partition coefficient (Wildman–Crippen LogP) is 2.86. The first-order chi connectivity index (χ1) is 15.9. The number of nitrogens with zero attached hydrogens (tertiary/aromatic N) is 1. The zero-order valence-electron chi connectivity index (χ0n) is 18.6. The highest BCUT2D eigenvalue weighted by atomic mass is 19.1. The Balaban J connectivity index is 1.43.